The van der Waals surface area contributed by atoms with E-state index in [1.807, 2.05) is 25.1 Å². The Bertz CT molecular complexity index is 1350. The van der Waals surface area contributed by atoms with Crippen molar-refractivity contribution < 1.29 is 23.9 Å². The maximum absolute atomic E-state index is 13.0. The zero-order valence-electron chi connectivity index (χ0n) is 18.6. The van der Waals surface area contributed by atoms with Gasteiger partial charge in [-0.3, -0.25) is 19.7 Å². The maximum atomic E-state index is 13.0. The Morgan fingerprint density at radius 2 is 1.77 bits per heavy atom. The number of para-hydroxylation sites is 1. The molecular formula is C26H20BrN3O5. The van der Waals surface area contributed by atoms with Crippen LogP contribution in [-0.4, -0.2) is 30.4 Å². The van der Waals surface area contributed by atoms with E-state index in [0.29, 0.717) is 22.7 Å². The van der Waals surface area contributed by atoms with Crippen molar-refractivity contribution in [3.63, 3.8) is 0 Å². The van der Waals surface area contributed by atoms with Crippen molar-refractivity contribution in [1.82, 2.24) is 5.32 Å². The number of imide groups is 2. The van der Waals surface area contributed by atoms with Gasteiger partial charge in [0.25, 0.3) is 17.7 Å². The molecule has 0 bridgehead atoms. The van der Waals surface area contributed by atoms with Crippen molar-refractivity contribution in [2.75, 3.05) is 16.8 Å². The lowest BCUT2D eigenvalue weighted by Gasteiger charge is -2.26. The van der Waals surface area contributed by atoms with Crippen molar-refractivity contribution in [1.29, 1.82) is 0 Å². The first-order valence-electron chi connectivity index (χ1n) is 10.6. The molecule has 0 atom stereocenters. The highest BCUT2D eigenvalue weighted by molar-refractivity contribution is 9.10. The molecule has 1 saturated heterocycles. The predicted molar refractivity (Wildman–Crippen MR) is 135 cm³/mol. The molecule has 5 amide bonds. The van der Waals surface area contributed by atoms with Crippen LogP contribution < -0.4 is 20.3 Å². The van der Waals surface area contributed by atoms with Gasteiger partial charge in [-0.1, -0.05) is 46.3 Å². The van der Waals surface area contributed by atoms with E-state index < -0.39 is 17.8 Å². The van der Waals surface area contributed by atoms with Gasteiger partial charge in [-0.25, -0.2) is 9.69 Å². The summed E-state index contributed by atoms with van der Waals surface area (Å²) >= 11 is 3.31. The summed E-state index contributed by atoms with van der Waals surface area (Å²) in [5.41, 5.74) is 2.24. The van der Waals surface area contributed by atoms with Crippen molar-refractivity contribution in [2.45, 2.75) is 6.92 Å². The zero-order chi connectivity index (χ0) is 24.9. The summed E-state index contributed by atoms with van der Waals surface area (Å²) in [7, 11) is 0. The van der Waals surface area contributed by atoms with E-state index in [2.05, 4.69) is 26.6 Å². The van der Waals surface area contributed by atoms with Gasteiger partial charge in [0.2, 0.25) is 0 Å². The van der Waals surface area contributed by atoms with Crippen LogP contribution in [0, 0.1) is 6.92 Å². The van der Waals surface area contributed by atoms with E-state index in [1.165, 1.54) is 6.08 Å². The van der Waals surface area contributed by atoms with Crippen LogP contribution in [0.4, 0.5) is 16.2 Å². The molecule has 3 aromatic carbocycles. The number of amides is 5. The highest BCUT2D eigenvalue weighted by Gasteiger charge is 2.36. The molecule has 3 aromatic rings. The van der Waals surface area contributed by atoms with Crippen LogP contribution in [0.15, 0.2) is 82.8 Å². The molecule has 1 aliphatic heterocycles. The molecule has 0 unspecified atom stereocenters. The number of halogens is 1. The fraction of sp³-hybridized carbons (Fsp3) is 0.0769. The summed E-state index contributed by atoms with van der Waals surface area (Å²) in [6.07, 6.45) is 1.37. The largest absolute Gasteiger partial charge is 0.484 e. The van der Waals surface area contributed by atoms with Crippen LogP contribution in [0.5, 0.6) is 5.75 Å². The van der Waals surface area contributed by atoms with E-state index >= 15 is 0 Å². The third-order valence-corrected chi connectivity index (χ3v) is 5.67. The van der Waals surface area contributed by atoms with Gasteiger partial charge in [-0.15, -0.1) is 0 Å². The second kappa shape index (κ2) is 10.4. The van der Waals surface area contributed by atoms with Crippen LogP contribution in [0.2, 0.25) is 0 Å². The smallest absolute Gasteiger partial charge is 0.335 e. The van der Waals surface area contributed by atoms with Gasteiger partial charge in [0.1, 0.15) is 11.3 Å². The fourth-order valence-electron chi connectivity index (χ4n) is 3.39. The Balaban J connectivity index is 1.49. The second-order valence-corrected chi connectivity index (χ2v) is 8.57. The van der Waals surface area contributed by atoms with E-state index in [-0.39, 0.29) is 18.1 Å². The van der Waals surface area contributed by atoms with Gasteiger partial charge in [-0.2, -0.15) is 0 Å². The van der Waals surface area contributed by atoms with Crippen LogP contribution in [0.3, 0.4) is 0 Å². The number of anilines is 2. The Morgan fingerprint density at radius 1 is 1.03 bits per heavy atom. The predicted octanol–water partition coefficient (Wildman–Crippen LogP) is 4.44. The minimum atomic E-state index is -0.823. The number of hydrogen-bond donors (Lipinski definition) is 2. The summed E-state index contributed by atoms with van der Waals surface area (Å²) in [5, 5.41) is 4.98. The SMILES string of the molecule is Cc1ccccc1NC(=O)COc1cccc(/C=C2\C(=O)NC(=O)N(c3ccc(Br)cc3)C2=O)c1. The monoisotopic (exact) mass is 533 g/mol. The first kappa shape index (κ1) is 23.9. The van der Waals surface area contributed by atoms with E-state index in [4.69, 9.17) is 4.74 Å². The summed E-state index contributed by atoms with van der Waals surface area (Å²) in [6.45, 7) is 1.67. The van der Waals surface area contributed by atoms with Gasteiger partial charge in [0.15, 0.2) is 6.61 Å². The molecule has 1 aliphatic rings. The lowest BCUT2D eigenvalue weighted by atomic mass is 10.1. The average Bonchev–Trinajstić information content (AvgIpc) is 2.83. The number of ether oxygens (including phenoxy) is 1. The number of carbonyl (C=O) groups is 4. The van der Waals surface area contributed by atoms with E-state index in [9.17, 15) is 19.2 Å². The molecule has 8 nitrogen and oxygen atoms in total. The minimum absolute atomic E-state index is 0.207. The number of rotatable bonds is 6. The van der Waals surface area contributed by atoms with Crippen molar-refractivity contribution in [3.8, 4) is 5.75 Å². The number of benzene rings is 3. The lowest BCUT2D eigenvalue weighted by molar-refractivity contribution is -0.122. The first-order chi connectivity index (χ1) is 16.8. The number of nitrogens with one attached hydrogen (secondary N) is 2. The summed E-state index contributed by atoms with van der Waals surface area (Å²) in [6, 6.07) is 19.7. The Kier molecular flexibility index (Phi) is 7.07. The minimum Gasteiger partial charge on any atom is -0.484 e. The number of urea groups is 1. The number of carbonyl (C=O) groups excluding carboxylic acids is 4. The summed E-state index contributed by atoms with van der Waals surface area (Å²) in [5.74, 6) is -1.49. The van der Waals surface area contributed by atoms with Gasteiger partial charge in [-0.05, 0) is 66.6 Å². The average molecular weight is 534 g/mol. The molecule has 0 spiro atoms. The molecule has 1 heterocycles. The topological polar surface area (TPSA) is 105 Å². The van der Waals surface area contributed by atoms with E-state index in [0.717, 1.165) is 14.9 Å². The van der Waals surface area contributed by atoms with Crippen LogP contribution in [-0.2, 0) is 14.4 Å². The normalized spacial score (nSPS) is 14.6. The Labute approximate surface area is 209 Å². The molecule has 176 valence electrons. The Morgan fingerprint density at radius 3 is 2.51 bits per heavy atom. The van der Waals surface area contributed by atoms with Gasteiger partial charge >= 0.3 is 6.03 Å². The number of barbiturate groups is 1. The van der Waals surface area contributed by atoms with Crippen LogP contribution >= 0.6 is 15.9 Å². The zero-order valence-corrected chi connectivity index (χ0v) is 20.2. The van der Waals surface area contributed by atoms with Gasteiger partial charge in [0, 0.05) is 10.2 Å². The second-order valence-electron chi connectivity index (χ2n) is 7.66. The summed E-state index contributed by atoms with van der Waals surface area (Å²) < 4.78 is 6.37. The Hall–Kier alpha value is -4.24. The molecular weight excluding hydrogens is 514 g/mol. The fourth-order valence-corrected chi connectivity index (χ4v) is 3.66. The highest BCUT2D eigenvalue weighted by atomic mass is 79.9. The van der Waals surface area contributed by atoms with Crippen molar-refractivity contribution in [3.05, 3.63) is 94.0 Å². The quantitative estimate of drug-likeness (QED) is 0.360. The van der Waals surface area contributed by atoms with Crippen molar-refractivity contribution in [2.24, 2.45) is 0 Å². The first-order valence-corrected chi connectivity index (χ1v) is 11.4. The number of hydrogen-bond acceptors (Lipinski definition) is 5. The number of nitrogens with zero attached hydrogens (tertiary/aromatic N) is 1. The standard InChI is InChI=1S/C26H20BrN3O5/c1-16-5-2-3-8-22(16)28-23(31)15-35-20-7-4-6-17(13-20)14-21-24(32)29-26(34)30(25(21)33)19-11-9-18(27)10-12-19/h2-14H,15H2,1H3,(H,28,31)(H,29,32,34)/b21-14+. The molecule has 0 aliphatic carbocycles. The molecule has 9 heteroatoms. The van der Waals surface area contributed by atoms with Crippen LogP contribution in [0.25, 0.3) is 6.08 Å². The molecule has 35 heavy (non-hydrogen) atoms. The third kappa shape index (κ3) is 5.64. The molecule has 0 radical (unpaired) electrons. The maximum Gasteiger partial charge on any atom is 0.335 e. The lowest BCUT2D eigenvalue weighted by Crippen LogP contribution is -2.54. The molecule has 0 aromatic heterocycles. The highest BCUT2D eigenvalue weighted by Crippen LogP contribution is 2.24. The number of aryl methyl sites for hydroxylation is 1. The molecule has 0 saturated carbocycles. The summed E-state index contributed by atoms with van der Waals surface area (Å²) in [4.78, 5) is 50.9. The van der Waals surface area contributed by atoms with Crippen LogP contribution in [0.1, 0.15) is 11.1 Å². The van der Waals surface area contributed by atoms with Crippen molar-refractivity contribution >= 4 is 57.1 Å². The third-order valence-electron chi connectivity index (χ3n) is 5.14. The molecule has 4 rings (SSSR count). The van der Waals surface area contributed by atoms with E-state index in [1.54, 1.807) is 54.6 Å². The molecule has 1 fully saturated rings. The van der Waals surface area contributed by atoms with Gasteiger partial charge < -0.3 is 10.1 Å². The molecule has 2 N–H and O–H groups in total. The van der Waals surface area contributed by atoms with Gasteiger partial charge in [0.05, 0.1) is 5.69 Å².